The molecule has 0 heterocycles. The van der Waals surface area contributed by atoms with Crippen LogP contribution in [0.2, 0.25) is 0 Å². The van der Waals surface area contributed by atoms with Crippen LogP contribution in [0.1, 0.15) is 12.8 Å². The topological polar surface area (TPSA) is 72.6 Å². The zero-order valence-electron chi connectivity index (χ0n) is 10.7. The van der Waals surface area contributed by atoms with Crippen LogP contribution in [0, 0.1) is 0 Å². The summed E-state index contributed by atoms with van der Waals surface area (Å²) in [5.74, 6) is 0. The Morgan fingerprint density at radius 3 is 2.74 bits per heavy atom. The Labute approximate surface area is 121 Å². The number of hydrogen-bond acceptors (Lipinski definition) is 4. The molecule has 1 saturated carbocycles. The minimum atomic E-state index is -3.54. The van der Waals surface area contributed by atoms with Crippen LogP contribution in [0.3, 0.4) is 0 Å². The summed E-state index contributed by atoms with van der Waals surface area (Å²) in [6.07, 6.45) is 1.81. The van der Waals surface area contributed by atoms with Crippen LogP contribution in [-0.2, 0) is 14.8 Å². The summed E-state index contributed by atoms with van der Waals surface area (Å²) >= 11 is 3.28. The number of sulfonamides is 1. The van der Waals surface area contributed by atoms with Gasteiger partial charge >= 0.3 is 0 Å². The van der Waals surface area contributed by atoms with E-state index in [-0.39, 0.29) is 10.9 Å². The Hall–Kier alpha value is -0.630. The molecule has 2 rings (SSSR count). The van der Waals surface area contributed by atoms with Gasteiger partial charge in [0.05, 0.1) is 11.5 Å². The van der Waals surface area contributed by atoms with Crippen molar-refractivity contribution in [3.8, 4) is 0 Å². The molecule has 7 heteroatoms. The number of halogens is 1. The molecule has 1 aliphatic rings. The molecule has 0 aromatic heterocycles. The van der Waals surface area contributed by atoms with E-state index < -0.39 is 10.0 Å². The van der Waals surface area contributed by atoms with Crippen LogP contribution in [-0.4, -0.2) is 39.0 Å². The number of nitrogen functional groups attached to an aromatic ring is 1. The molecule has 5 nitrogen and oxygen atoms in total. The highest BCUT2D eigenvalue weighted by Gasteiger charge is 2.38. The average Bonchev–Trinajstić information content (AvgIpc) is 3.17. The number of nitrogens with zero attached hydrogens (tertiary/aromatic N) is 1. The van der Waals surface area contributed by atoms with Crippen LogP contribution in [0.4, 0.5) is 5.69 Å². The Bertz CT molecular complexity index is 558. The summed E-state index contributed by atoms with van der Waals surface area (Å²) < 4.78 is 32.4. The smallest absolute Gasteiger partial charge is 0.244 e. The highest BCUT2D eigenvalue weighted by atomic mass is 79.9. The summed E-state index contributed by atoms with van der Waals surface area (Å²) in [6, 6.07) is 4.90. The maximum atomic E-state index is 12.7. The maximum absolute atomic E-state index is 12.7. The van der Waals surface area contributed by atoms with E-state index in [4.69, 9.17) is 10.5 Å². The fraction of sp³-hybridized carbons (Fsp3) is 0.500. The molecule has 0 saturated heterocycles. The van der Waals surface area contributed by atoms with Crippen molar-refractivity contribution in [3.05, 3.63) is 22.7 Å². The van der Waals surface area contributed by atoms with Crippen molar-refractivity contribution in [3.63, 3.8) is 0 Å². The highest BCUT2D eigenvalue weighted by molar-refractivity contribution is 9.10. The van der Waals surface area contributed by atoms with E-state index in [1.54, 1.807) is 19.2 Å². The number of hydrogen-bond donors (Lipinski definition) is 1. The predicted molar refractivity (Wildman–Crippen MR) is 77.3 cm³/mol. The molecule has 0 unspecified atom stereocenters. The molecule has 0 aliphatic heterocycles. The fourth-order valence-corrected chi connectivity index (χ4v) is 4.52. The van der Waals surface area contributed by atoms with Crippen molar-refractivity contribution in [2.45, 2.75) is 23.8 Å². The van der Waals surface area contributed by atoms with Crippen molar-refractivity contribution >= 4 is 31.6 Å². The lowest BCUT2D eigenvalue weighted by atomic mass is 10.3. The van der Waals surface area contributed by atoms with Gasteiger partial charge in [-0.15, -0.1) is 0 Å². The lowest BCUT2D eigenvalue weighted by molar-refractivity contribution is 0.177. The van der Waals surface area contributed by atoms with Crippen molar-refractivity contribution in [2.24, 2.45) is 0 Å². The SMILES string of the molecule is COCCN(C1CC1)S(=O)(=O)c1cc(N)ccc1Br. The van der Waals surface area contributed by atoms with E-state index in [2.05, 4.69) is 15.9 Å². The van der Waals surface area contributed by atoms with Gasteiger partial charge in [-0.3, -0.25) is 0 Å². The maximum Gasteiger partial charge on any atom is 0.244 e. The monoisotopic (exact) mass is 348 g/mol. The van der Waals surface area contributed by atoms with E-state index in [9.17, 15) is 8.42 Å². The molecule has 0 radical (unpaired) electrons. The molecule has 1 fully saturated rings. The largest absolute Gasteiger partial charge is 0.399 e. The zero-order chi connectivity index (χ0) is 14.0. The predicted octanol–water partition coefficient (Wildman–Crippen LogP) is 1.83. The van der Waals surface area contributed by atoms with Crippen molar-refractivity contribution in [1.29, 1.82) is 0 Å². The first-order valence-electron chi connectivity index (χ1n) is 6.02. The number of methoxy groups -OCH3 is 1. The Morgan fingerprint density at radius 2 is 2.16 bits per heavy atom. The van der Waals surface area contributed by atoms with Crippen LogP contribution in [0.5, 0.6) is 0 Å². The summed E-state index contributed by atoms with van der Waals surface area (Å²) in [7, 11) is -1.97. The summed E-state index contributed by atoms with van der Waals surface area (Å²) in [6.45, 7) is 0.750. The van der Waals surface area contributed by atoms with Gasteiger partial charge in [0.2, 0.25) is 10.0 Å². The summed E-state index contributed by atoms with van der Waals surface area (Å²) in [5.41, 5.74) is 6.12. The van der Waals surface area contributed by atoms with Gasteiger partial charge in [0.25, 0.3) is 0 Å². The van der Waals surface area contributed by atoms with Gasteiger partial charge in [-0.2, -0.15) is 4.31 Å². The molecule has 1 aliphatic carbocycles. The van der Waals surface area contributed by atoms with Gasteiger partial charge in [0.1, 0.15) is 0 Å². The first kappa shape index (κ1) is 14.8. The molecular weight excluding hydrogens is 332 g/mol. The van der Waals surface area contributed by atoms with E-state index in [0.717, 1.165) is 12.8 Å². The second kappa shape index (κ2) is 5.78. The third kappa shape index (κ3) is 3.28. The molecular formula is C12H17BrN2O3S. The fourth-order valence-electron chi connectivity index (χ4n) is 1.89. The van der Waals surface area contributed by atoms with Crippen LogP contribution in [0.15, 0.2) is 27.6 Å². The number of nitrogens with two attached hydrogens (primary N) is 1. The molecule has 1 aromatic carbocycles. The molecule has 2 N–H and O–H groups in total. The molecule has 19 heavy (non-hydrogen) atoms. The Kier molecular flexibility index (Phi) is 4.50. The van der Waals surface area contributed by atoms with Gasteiger partial charge in [0, 0.05) is 29.9 Å². The van der Waals surface area contributed by atoms with E-state index in [1.807, 2.05) is 0 Å². The Morgan fingerprint density at radius 1 is 1.47 bits per heavy atom. The highest BCUT2D eigenvalue weighted by Crippen LogP contribution is 2.34. The summed E-state index contributed by atoms with van der Waals surface area (Å²) in [5, 5.41) is 0. The molecule has 0 spiro atoms. The number of rotatable bonds is 6. The first-order chi connectivity index (χ1) is 8.96. The molecule has 0 amide bonds. The third-order valence-corrected chi connectivity index (χ3v) is 5.96. The first-order valence-corrected chi connectivity index (χ1v) is 8.26. The van der Waals surface area contributed by atoms with E-state index in [1.165, 1.54) is 10.4 Å². The van der Waals surface area contributed by atoms with Gasteiger partial charge in [-0.25, -0.2) is 8.42 Å². The van der Waals surface area contributed by atoms with Gasteiger partial charge in [-0.1, -0.05) is 0 Å². The van der Waals surface area contributed by atoms with Crippen LogP contribution < -0.4 is 5.73 Å². The average molecular weight is 349 g/mol. The lowest BCUT2D eigenvalue weighted by Gasteiger charge is -2.22. The van der Waals surface area contributed by atoms with E-state index in [0.29, 0.717) is 23.3 Å². The van der Waals surface area contributed by atoms with Crippen molar-refractivity contribution in [2.75, 3.05) is 26.0 Å². The van der Waals surface area contributed by atoms with Crippen molar-refractivity contribution < 1.29 is 13.2 Å². The van der Waals surface area contributed by atoms with Gasteiger partial charge in [-0.05, 0) is 47.0 Å². The minimum Gasteiger partial charge on any atom is -0.399 e. The molecule has 0 atom stereocenters. The van der Waals surface area contributed by atoms with Crippen molar-refractivity contribution in [1.82, 2.24) is 4.31 Å². The van der Waals surface area contributed by atoms with Gasteiger partial charge < -0.3 is 10.5 Å². The third-order valence-electron chi connectivity index (χ3n) is 3.01. The summed E-state index contributed by atoms with van der Waals surface area (Å²) in [4.78, 5) is 0.218. The quantitative estimate of drug-likeness (QED) is 0.796. The number of ether oxygens (including phenoxy) is 1. The molecule has 1 aromatic rings. The van der Waals surface area contributed by atoms with E-state index >= 15 is 0 Å². The zero-order valence-corrected chi connectivity index (χ0v) is 13.1. The van der Waals surface area contributed by atoms with Crippen LogP contribution in [0.25, 0.3) is 0 Å². The second-order valence-corrected chi connectivity index (χ2v) is 7.24. The number of anilines is 1. The standard InChI is InChI=1S/C12H17BrN2O3S/c1-18-7-6-15(10-3-4-10)19(16,17)12-8-9(14)2-5-11(12)13/h2,5,8,10H,3-4,6-7,14H2,1H3. The second-order valence-electron chi connectivity index (χ2n) is 4.53. The number of benzene rings is 1. The normalized spacial score (nSPS) is 15.9. The Balaban J connectivity index is 2.35. The lowest BCUT2D eigenvalue weighted by Crippen LogP contribution is -2.36. The molecule has 106 valence electrons. The molecule has 0 bridgehead atoms. The van der Waals surface area contributed by atoms with Crippen LogP contribution >= 0.6 is 15.9 Å². The van der Waals surface area contributed by atoms with Gasteiger partial charge in [0.15, 0.2) is 0 Å². The minimum absolute atomic E-state index is 0.0912.